The van der Waals surface area contributed by atoms with Crippen LogP contribution in [0.1, 0.15) is 41.3 Å². The Morgan fingerprint density at radius 2 is 1.71 bits per heavy atom. The zero-order valence-electron chi connectivity index (χ0n) is 15.3. The average Bonchev–Trinajstić information content (AvgIpc) is 2.66. The van der Waals surface area contributed by atoms with Crippen LogP contribution >= 0.6 is 0 Å². The first kappa shape index (κ1) is 21.3. The number of hydrogen-bond acceptors (Lipinski definition) is 3. The molecule has 0 saturated heterocycles. The van der Waals surface area contributed by atoms with E-state index in [2.05, 4.69) is 10.6 Å². The third kappa shape index (κ3) is 6.29. The fraction of sp³-hybridized carbons (Fsp3) is 0.300. The van der Waals surface area contributed by atoms with Gasteiger partial charge >= 0.3 is 18.2 Å². The van der Waals surface area contributed by atoms with E-state index in [-0.39, 0.29) is 17.8 Å². The lowest BCUT2D eigenvalue weighted by Crippen LogP contribution is -2.29. The number of anilines is 1. The van der Waals surface area contributed by atoms with Gasteiger partial charge in [0.05, 0.1) is 23.4 Å². The van der Waals surface area contributed by atoms with Crippen molar-refractivity contribution in [3.05, 3.63) is 65.2 Å². The van der Waals surface area contributed by atoms with Crippen LogP contribution in [0.2, 0.25) is 0 Å². The summed E-state index contributed by atoms with van der Waals surface area (Å²) in [4.78, 5) is 24.2. The molecule has 0 bridgehead atoms. The maximum Gasteiger partial charge on any atom is 0.416 e. The molecule has 8 heteroatoms. The standard InChI is InChI=1S/C20H21F3N2O3/c1-2-3-12-28-18(26)16-6-4-5-7-17(16)25-19(27)24-13-14-8-10-15(11-9-14)20(21,22)23/h4-11H,2-3,12-13H2,1H3,(H2,24,25,27). The van der Waals surface area contributed by atoms with Gasteiger partial charge in [-0.1, -0.05) is 37.6 Å². The molecule has 2 rings (SSSR count). The zero-order chi connectivity index (χ0) is 20.6. The maximum atomic E-state index is 12.6. The number of rotatable bonds is 7. The van der Waals surface area contributed by atoms with Gasteiger partial charge < -0.3 is 15.4 Å². The highest BCUT2D eigenvalue weighted by atomic mass is 19.4. The van der Waals surface area contributed by atoms with E-state index in [1.165, 1.54) is 12.1 Å². The Hall–Kier alpha value is -3.03. The maximum absolute atomic E-state index is 12.6. The first-order valence-corrected chi connectivity index (χ1v) is 8.78. The van der Waals surface area contributed by atoms with Crippen LogP contribution in [0.3, 0.4) is 0 Å². The van der Waals surface area contributed by atoms with Gasteiger partial charge in [-0.25, -0.2) is 9.59 Å². The number of carbonyl (C=O) groups is 2. The third-order valence-corrected chi connectivity index (χ3v) is 3.86. The molecule has 0 aliphatic carbocycles. The highest BCUT2D eigenvalue weighted by Crippen LogP contribution is 2.29. The van der Waals surface area contributed by atoms with Crippen LogP contribution in [0.5, 0.6) is 0 Å². The predicted octanol–water partition coefficient (Wildman–Crippen LogP) is 4.98. The number of hydrogen-bond donors (Lipinski definition) is 2. The molecule has 0 radical (unpaired) electrons. The molecule has 0 aromatic heterocycles. The van der Waals surface area contributed by atoms with Crippen molar-refractivity contribution < 1.29 is 27.5 Å². The molecular weight excluding hydrogens is 373 g/mol. The lowest BCUT2D eigenvalue weighted by atomic mass is 10.1. The van der Waals surface area contributed by atoms with E-state index >= 15 is 0 Å². The van der Waals surface area contributed by atoms with E-state index in [0.29, 0.717) is 12.2 Å². The van der Waals surface area contributed by atoms with Gasteiger partial charge in [0.25, 0.3) is 0 Å². The summed E-state index contributed by atoms with van der Waals surface area (Å²) in [6, 6.07) is 10.3. The second kappa shape index (κ2) is 9.77. The van der Waals surface area contributed by atoms with E-state index in [1.807, 2.05) is 6.92 Å². The summed E-state index contributed by atoms with van der Waals surface area (Å²) >= 11 is 0. The largest absolute Gasteiger partial charge is 0.462 e. The van der Waals surface area contributed by atoms with Crippen molar-refractivity contribution in [1.82, 2.24) is 5.32 Å². The number of ether oxygens (including phenoxy) is 1. The number of urea groups is 1. The summed E-state index contributed by atoms with van der Waals surface area (Å²) in [5, 5.41) is 5.10. The van der Waals surface area contributed by atoms with Crippen LogP contribution in [-0.2, 0) is 17.5 Å². The number of unbranched alkanes of at least 4 members (excludes halogenated alkanes) is 1. The lowest BCUT2D eigenvalue weighted by Gasteiger charge is -2.12. The molecule has 0 heterocycles. The number of alkyl halides is 3. The van der Waals surface area contributed by atoms with E-state index < -0.39 is 23.7 Å². The Bertz CT molecular complexity index is 805. The van der Waals surface area contributed by atoms with Crippen molar-refractivity contribution in [2.24, 2.45) is 0 Å². The Morgan fingerprint density at radius 1 is 1.04 bits per heavy atom. The normalized spacial score (nSPS) is 11.0. The van der Waals surface area contributed by atoms with E-state index in [1.54, 1.807) is 24.3 Å². The first-order valence-electron chi connectivity index (χ1n) is 8.78. The summed E-state index contributed by atoms with van der Waals surface area (Å²) in [7, 11) is 0. The van der Waals surface area contributed by atoms with Gasteiger partial charge in [0.15, 0.2) is 0 Å². The summed E-state index contributed by atoms with van der Waals surface area (Å²) in [5.41, 5.74) is 0.267. The van der Waals surface area contributed by atoms with Crippen LogP contribution in [0, 0.1) is 0 Å². The zero-order valence-corrected chi connectivity index (χ0v) is 15.3. The molecule has 2 aromatic carbocycles. The summed E-state index contributed by atoms with van der Waals surface area (Å²) in [6.45, 7) is 2.31. The van der Waals surface area contributed by atoms with E-state index in [0.717, 1.165) is 25.0 Å². The minimum absolute atomic E-state index is 0.0348. The fourth-order valence-electron chi connectivity index (χ4n) is 2.32. The molecule has 0 saturated carbocycles. The van der Waals surface area contributed by atoms with Gasteiger partial charge in [-0.05, 0) is 36.2 Å². The fourth-order valence-corrected chi connectivity index (χ4v) is 2.32. The Morgan fingerprint density at radius 3 is 2.36 bits per heavy atom. The van der Waals surface area contributed by atoms with Crippen LogP contribution < -0.4 is 10.6 Å². The molecule has 5 nitrogen and oxygen atoms in total. The monoisotopic (exact) mass is 394 g/mol. The highest BCUT2D eigenvalue weighted by Gasteiger charge is 2.29. The predicted molar refractivity (Wildman–Crippen MR) is 98.9 cm³/mol. The van der Waals surface area contributed by atoms with Crippen LogP contribution in [0.25, 0.3) is 0 Å². The average molecular weight is 394 g/mol. The molecule has 150 valence electrons. The minimum Gasteiger partial charge on any atom is -0.462 e. The summed E-state index contributed by atoms with van der Waals surface area (Å²) in [6.07, 6.45) is -2.77. The van der Waals surface area contributed by atoms with Crippen molar-refractivity contribution in [1.29, 1.82) is 0 Å². The third-order valence-electron chi connectivity index (χ3n) is 3.86. The van der Waals surface area contributed by atoms with E-state index in [9.17, 15) is 22.8 Å². The molecule has 0 fully saturated rings. The second-order valence-electron chi connectivity index (χ2n) is 6.04. The van der Waals surface area contributed by atoms with Crippen molar-refractivity contribution >= 4 is 17.7 Å². The quantitative estimate of drug-likeness (QED) is 0.514. The minimum atomic E-state index is -4.40. The number of carbonyl (C=O) groups excluding carboxylic acids is 2. The second-order valence-corrected chi connectivity index (χ2v) is 6.04. The molecule has 0 atom stereocenters. The number of esters is 1. The summed E-state index contributed by atoms with van der Waals surface area (Å²) < 4.78 is 42.8. The van der Waals surface area contributed by atoms with Gasteiger partial charge in [-0.15, -0.1) is 0 Å². The van der Waals surface area contributed by atoms with Crippen LogP contribution in [-0.4, -0.2) is 18.6 Å². The summed E-state index contributed by atoms with van der Waals surface area (Å²) in [5.74, 6) is -0.535. The van der Waals surface area contributed by atoms with Crippen LogP contribution in [0.4, 0.5) is 23.7 Å². The highest BCUT2D eigenvalue weighted by molar-refractivity contribution is 6.00. The van der Waals surface area contributed by atoms with Crippen molar-refractivity contribution in [2.75, 3.05) is 11.9 Å². The molecule has 0 unspecified atom stereocenters. The molecular formula is C20H21F3N2O3. The van der Waals surface area contributed by atoms with Crippen molar-refractivity contribution in [3.8, 4) is 0 Å². The number of amides is 2. The topological polar surface area (TPSA) is 67.4 Å². The van der Waals surface area contributed by atoms with Gasteiger partial charge in [-0.3, -0.25) is 0 Å². The SMILES string of the molecule is CCCCOC(=O)c1ccccc1NC(=O)NCc1ccc(C(F)(F)F)cc1. The Kier molecular flexibility index (Phi) is 7.43. The number of para-hydroxylation sites is 1. The molecule has 2 N–H and O–H groups in total. The van der Waals surface area contributed by atoms with Crippen LogP contribution in [0.15, 0.2) is 48.5 Å². The molecule has 2 aromatic rings. The lowest BCUT2D eigenvalue weighted by molar-refractivity contribution is -0.137. The van der Waals surface area contributed by atoms with Gasteiger partial charge in [0.2, 0.25) is 0 Å². The number of halogens is 3. The number of nitrogens with one attached hydrogen (secondary N) is 2. The molecule has 0 aliphatic heterocycles. The van der Waals surface area contributed by atoms with Gasteiger partial charge in [0.1, 0.15) is 0 Å². The molecule has 2 amide bonds. The number of benzene rings is 2. The van der Waals surface area contributed by atoms with Crippen molar-refractivity contribution in [3.63, 3.8) is 0 Å². The first-order chi connectivity index (χ1) is 13.3. The van der Waals surface area contributed by atoms with Gasteiger partial charge in [-0.2, -0.15) is 13.2 Å². The molecule has 0 spiro atoms. The van der Waals surface area contributed by atoms with Gasteiger partial charge in [0, 0.05) is 6.54 Å². The van der Waals surface area contributed by atoms with Crippen molar-refractivity contribution in [2.45, 2.75) is 32.5 Å². The smallest absolute Gasteiger partial charge is 0.416 e. The molecule has 28 heavy (non-hydrogen) atoms. The molecule has 0 aliphatic rings. The Balaban J connectivity index is 1.93. The Labute approximate surface area is 160 Å². The van der Waals surface area contributed by atoms with E-state index in [4.69, 9.17) is 4.74 Å².